The third-order valence-corrected chi connectivity index (χ3v) is 6.58. The average Bonchev–Trinajstić information content (AvgIpc) is 2.87. The van der Waals surface area contributed by atoms with Gasteiger partial charge in [-0.25, -0.2) is 4.39 Å². The Kier molecular flexibility index (Phi) is 8.35. The summed E-state index contributed by atoms with van der Waals surface area (Å²) in [6.45, 7) is 2.31. The zero-order valence-electron chi connectivity index (χ0n) is 19.6. The predicted octanol–water partition coefficient (Wildman–Crippen LogP) is 3.36. The second-order valence-electron chi connectivity index (χ2n) is 8.74. The van der Waals surface area contributed by atoms with Crippen molar-refractivity contribution in [1.82, 2.24) is 15.2 Å². The van der Waals surface area contributed by atoms with Gasteiger partial charge in [-0.3, -0.25) is 19.3 Å². The summed E-state index contributed by atoms with van der Waals surface area (Å²) in [6, 6.07) is 9.21. The summed E-state index contributed by atoms with van der Waals surface area (Å²) in [5.74, 6) is -2.07. The molecule has 1 amide bonds. The van der Waals surface area contributed by atoms with Crippen LogP contribution in [0.1, 0.15) is 34.3 Å². The van der Waals surface area contributed by atoms with Crippen LogP contribution in [0.3, 0.4) is 0 Å². The highest BCUT2D eigenvalue weighted by Crippen LogP contribution is 2.19. The van der Waals surface area contributed by atoms with Gasteiger partial charge in [0.05, 0.1) is 18.7 Å². The summed E-state index contributed by atoms with van der Waals surface area (Å²) < 4.78 is 20.1. The first-order valence-electron chi connectivity index (χ1n) is 11.7. The molecular formula is C26H27ClFN3O5. The average molecular weight is 516 g/mol. The van der Waals surface area contributed by atoms with Crippen LogP contribution >= 0.6 is 11.6 Å². The zero-order chi connectivity index (χ0) is 25.7. The van der Waals surface area contributed by atoms with Crippen molar-refractivity contribution >= 4 is 34.4 Å². The number of rotatable bonds is 9. The highest BCUT2D eigenvalue weighted by molar-refractivity contribution is 6.30. The van der Waals surface area contributed by atoms with E-state index in [9.17, 15) is 23.9 Å². The topological polar surface area (TPSA) is 112 Å². The Morgan fingerprint density at radius 3 is 2.58 bits per heavy atom. The van der Waals surface area contributed by atoms with E-state index in [1.54, 1.807) is 30.3 Å². The van der Waals surface area contributed by atoms with E-state index in [0.29, 0.717) is 56.2 Å². The number of hydrogen-bond donors (Lipinski definition) is 3. The highest BCUT2D eigenvalue weighted by Gasteiger charge is 2.26. The van der Waals surface area contributed by atoms with Gasteiger partial charge < -0.3 is 20.1 Å². The number of pyridine rings is 1. The standard InChI is InChI=1S/C26H27ClFN3O5/c27-18-6-4-16(5-7-18)14-30-25(33)20-15-29-23-19(24(20)32)12-17(13-21(23)28)2-1-3-22(26(34)35)31-8-10-36-11-9-31/h4-7,12-13,15,22H,1-3,8-11,14H2,(H,29,32)(H,30,33)(H,34,35). The van der Waals surface area contributed by atoms with Crippen molar-refractivity contribution in [1.29, 1.82) is 0 Å². The maximum absolute atomic E-state index is 14.8. The van der Waals surface area contributed by atoms with Crippen molar-refractivity contribution in [2.45, 2.75) is 31.8 Å². The van der Waals surface area contributed by atoms with Gasteiger partial charge in [-0.1, -0.05) is 23.7 Å². The van der Waals surface area contributed by atoms with Crippen LogP contribution < -0.4 is 10.7 Å². The monoisotopic (exact) mass is 515 g/mol. The van der Waals surface area contributed by atoms with Crippen LogP contribution in [0.15, 0.2) is 47.4 Å². The summed E-state index contributed by atoms with van der Waals surface area (Å²) in [5, 5.41) is 13.0. The minimum absolute atomic E-state index is 0.0229. The number of ether oxygens (including phenoxy) is 1. The number of carboxylic acids is 1. The Morgan fingerprint density at radius 2 is 1.89 bits per heavy atom. The SMILES string of the molecule is O=C(NCc1ccc(Cl)cc1)c1c[nH]c2c(F)cc(CCCC(C(=O)O)N3CCOCC3)cc2c1=O. The molecule has 3 N–H and O–H groups in total. The molecule has 4 rings (SSSR count). The van der Waals surface area contributed by atoms with Crippen LogP contribution in [0.5, 0.6) is 0 Å². The van der Waals surface area contributed by atoms with E-state index in [-0.39, 0.29) is 23.0 Å². The Bertz CT molecular complexity index is 1310. The van der Waals surface area contributed by atoms with Crippen LogP contribution in [-0.2, 0) is 22.5 Å². The maximum Gasteiger partial charge on any atom is 0.320 e. The van der Waals surface area contributed by atoms with E-state index < -0.39 is 29.2 Å². The van der Waals surface area contributed by atoms with Crippen molar-refractivity contribution in [2.75, 3.05) is 26.3 Å². The van der Waals surface area contributed by atoms with E-state index in [1.807, 2.05) is 4.90 Å². The fourth-order valence-electron chi connectivity index (χ4n) is 4.39. The molecule has 1 atom stereocenters. The molecule has 0 bridgehead atoms. The van der Waals surface area contributed by atoms with Crippen LogP contribution in [0.4, 0.5) is 4.39 Å². The van der Waals surface area contributed by atoms with Crippen molar-refractivity contribution in [3.05, 3.63) is 80.3 Å². The van der Waals surface area contributed by atoms with Crippen LogP contribution in [0, 0.1) is 5.82 Å². The summed E-state index contributed by atoms with van der Waals surface area (Å²) >= 11 is 5.87. The third kappa shape index (κ3) is 6.10. The van der Waals surface area contributed by atoms with Gasteiger partial charge in [0.25, 0.3) is 5.91 Å². The van der Waals surface area contributed by atoms with E-state index in [1.165, 1.54) is 12.3 Å². The molecule has 1 aliphatic rings. The Balaban J connectivity index is 1.47. The van der Waals surface area contributed by atoms with Crippen molar-refractivity contribution < 1.29 is 23.8 Å². The molecule has 1 fully saturated rings. The largest absolute Gasteiger partial charge is 0.480 e. The molecular weight excluding hydrogens is 489 g/mol. The molecule has 1 aliphatic heterocycles. The van der Waals surface area contributed by atoms with Gasteiger partial charge in [-0.2, -0.15) is 0 Å². The van der Waals surface area contributed by atoms with Crippen LogP contribution in [-0.4, -0.2) is 59.2 Å². The number of aromatic nitrogens is 1. The number of halogens is 2. The first-order chi connectivity index (χ1) is 17.3. The first-order valence-corrected chi connectivity index (χ1v) is 12.1. The number of carbonyl (C=O) groups excluding carboxylic acids is 1. The number of amides is 1. The van der Waals surface area contributed by atoms with Gasteiger partial charge in [0.15, 0.2) is 0 Å². The van der Waals surface area contributed by atoms with Gasteiger partial charge in [0.2, 0.25) is 5.43 Å². The van der Waals surface area contributed by atoms with Gasteiger partial charge in [0.1, 0.15) is 17.4 Å². The molecule has 2 aromatic carbocycles. The van der Waals surface area contributed by atoms with E-state index in [2.05, 4.69) is 10.3 Å². The number of nitrogens with zero attached hydrogens (tertiary/aromatic N) is 1. The number of H-pyrrole nitrogens is 1. The molecule has 0 radical (unpaired) electrons. The molecule has 8 nitrogen and oxygen atoms in total. The van der Waals surface area contributed by atoms with Crippen LogP contribution in [0.2, 0.25) is 5.02 Å². The number of carbonyl (C=O) groups is 2. The number of aliphatic carboxylic acids is 1. The first kappa shape index (κ1) is 25.8. The molecule has 1 unspecified atom stereocenters. The van der Waals surface area contributed by atoms with Crippen molar-refractivity contribution in [3.8, 4) is 0 Å². The second-order valence-corrected chi connectivity index (χ2v) is 9.17. The molecule has 36 heavy (non-hydrogen) atoms. The second kappa shape index (κ2) is 11.6. The number of fused-ring (bicyclic) bond motifs is 1. The number of carboxylic acid groups (broad SMARTS) is 1. The molecule has 0 aliphatic carbocycles. The summed E-state index contributed by atoms with van der Waals surface area (Å²) in [5.41, 5.74) is 0.709. The van der Waals surface area contributed by atoms with Gasteiger partial charge >= 0.3 is 5.97 Å². The lowest BCUT2D eigenvalue weighted by molar-refractivity contribution is -0.145. The highest BCUT2D eigenvalue weighted by atomic mass is 35.5. The normalized spacial score (nSPS) is 15.1. The maximum atomic E-state index is 14.8. The number of nitrogens with one attached hydrogen (secondary N) is 2. The van der Waals surface area contributed by atoms with Crippen LogP contribution in [0.25, 0.3) is 10.9 Å². The third-order valence-electron chi connectivity index (χ3n) is 6.33. The minimum atomic E-state index is -0.896. The van der Waals surface area contributed by atoms with E-state index in [4.69, 9.17) is 16.3 Å². The number of morpholine rings is 1. The molecule has 0 saturated carbocycles. The van der Waals surface area contributed by atoms with E-state index >= 15 is 0 Å². The fraction of sp³-hybridized carbons (Fsp3) is 0.346. The Hall–Kier alpha value is -3.27. The number of hydrogen-bond acceptors (Lipinski definition) is 5. The van der Waals surface area contributed by atoms with Crippen molar-refractivity contribution in [2.24, 2.45) is 0 Å². The molecule has 10 heteroatoms. The van der Waals surface area contributed by atoms with Crippen molar-refractivity contribution in [3.63, 3.8) is 0 Å². The summed E-state index contributed by atoms with van der Waals surface area (Å²) in [6.07, 6.45) is 2.49. The number of aromatic amines is 1. The lowest BCUT2D eigenvalue weighted by Gasteiger charge is -2.31. The molecule has 1 aromatic heterocycles. The lowest BCUT2D eigenvalue weighted by Crippen LogP contribution is -2.47. The Labute approximate surface area is 212 Å². The zero-order valence-corrected chi connectivity index (χ0v) is 20.3. The van der Waals surface area contributed by atoms with Gasteiger partial charge in [-0.05, 0) is 54.7 Å². The van der Waals surface area contributed by atoms with Gasteiger partial charge in [0, 0.05) is 36.2 Å². The molecule has 3 aromatic rings. The molecule has 190 valence electrons. The lowest BCUT2D eigenvalue weighted by atomic mass is 10.0. The summed E-state index contributed by atoms with van der Waals surface area (Å²) in [7, 11) is 0. The summed E-state index contributed by atoms with van der Waals surface area (Å²) in [4.78, 5) is 42.1. The number of benzene rings is 2. The Morgan fingerprint density at radius 1 is 1.17 bits per heavy atom. The fourth-order valence-corrected chi connectivity index (χ4v) is 4.51. The minimum Gasteiger partial charge on any atom is -0.480 e. The quantitative estimate of drug-likeness (QED) is 0.403. The smallest absolute Gasteiger partial charge is 0.320 e. The number of aryl methyl sites for hydroxylation is 1. The van der Waals surface area contributed by atoms with Gasteiger partial charge in [-0.15, -0.1) is 0 Å². The predicted molar refractivity (Wildman–Crippen MR) is 134 cm³/mol. The molecule has 0 spiro atoms. The molecule has 2 heterocycles. The van der Waals surface area contributed by atoms with E-state index in [0.717, 1.165) is 5.56 Å². The molecule has 1 saturated heterocycles.